The predicted octanol–water partition coefficient (Wildman–Crippen LogP) is 3.71. The first-order valence-electron chi connectivity index (χ1n) is 8.44. The monoisotopic (exact) mass is 327 g/mol. The minimum absolute atomic E-state index is 0.0544. The van der Waals surface area contributed by atoms with E-state index in [2.05, 4.69) is 0 Å². The number of carbonyl (C=O) groups is 1. The van der Waals surface area contributed by atoms with Gasteiger partial charge in [-0.3, -0.25) is 4.79 Å². The molecule has 2 aliphatic heterocycles. The molecule has 126 valence electrons. The van der Waals surface area contributed by atoms with Crippen LogP contribution in [-0.4, -0.2) is 37.1 Å². The number of amides is 1. The molecule has 1 aromatic heterocycles. The number of rotatable bonds is 3. The lowest BCUT2D eigenvalue weighted by atomic mass is 9.80. The number of benzene rings is 1. The van der Waals surface area contributed by atoms with Crippen LogP contribution in [0, 0.1) is 5.41 Å². The van der Waals surface area contributed by atoms with Crippen molar-refractivity contribution in [2.45, 2.75) is 19.3 Å². The van der Waals surface area contributed by atoms with E-state index in [1.54, 1.807) is 12.1 Å². The molecule has 5 heteroatoms. The first-order chi connectivity index (χ1) is 11.7. The SMILES string of the molecule is O=C(c1ccc(Oc2ccccc2)o1)N1CCC2(CCOCC2)C1. The first-order valence-corrected chi connectivity index (χ1v) is 8.44. The van der Waals surface area contributed by atoms with Gasteiger partial charge in [0.2, 0.25) is 0 Å². The molecule has 4 rings (SSSR count). The second-order valence-electron chi connectivity index (χ2n) is 6.62. The van der Waals surface area contributed by atoms with Crippen LogP contribution in [-0.2, 0) is 4.74 Å². The molecule has 0 radical (unpaired) electrons. The van der Waals surface area contributed by atoms with E-state index >= 15 is 0 Å². The van der Waals surface area contributed by atoms with Gasteiger partial charge in [-0.1, -0.05) is 18.2 Å². The van der Waals surface area contributed by atoms with Gasteiger partial charge in [0.1, 0.15) is 5.75 Å². The number of para-hydroxylation sites is 1. The van der Waals surface area contributed by atoms with E-state index < -0.39 is 0 Å². The maximum atomic E-state index is 12.7. The molecule has 0 unspecified atom stereocenters. The molecule has 2 saturated heterocycles. The van der Waals surface area contributed by atoms with Crippen molar-refractivity contribution in [1.82, 2.24) is 4.90 Å². The lowest BCUT2D eigenvalue weighted by Gasteiger charge is -2.32. The standard InChI is InChI=1S/C19H21NO4/c21-18(20-11-8-19(14-20)9-12-22-13-10-19)16-6-7-17(24-16)23-15-4-2-1-3-5-15/h1-7H,8-14H2. The number of hydrogen-bond acceptors (Lipinski definition) is 4. The van der Waals surface area contributed by atoms with Crippen molar-refractivity contribution >= 4 is 5.91 Å². The number of nitrogens with zero attached hydrogens (tertiary/aromatic N) is 1. The number of ether oxygens (including phenoxy) is 2. The van der Waals surface area contributed by atoms with E-state index in [1.807, 2.05) is 35.2 Å². The maximum absolute atomic E-state index is 12.7. The summed E-state index contributed by atoms with van der Waals surface area (Å²) in [6.07, 6.45) is 3.13. The second kappa shape index (κ2) is 6.32. The fourth-order valence-electron chi connectivity index (χ4n) is 3.57. The maximum Gasteiger partial charge on any atom is 0.290 e. The van der Waals surface area contributed by atoms with Crippen LogP contribution >= 0.6 is 0 Å². The lowest BCUT2D eigenvalue weighted by Crippen LogP contribution is -2.35. The first kappa shape index (κ1) is 15.3. The highest BCUT2D eigenvalue weighted by atomic mass is 16.6. The Kier molecular flexibility index (Phi) is 4.02. The Morgan fingerprint density at radius 1 is 1.04 bits per heavy atom. The minimum atomic E-state index is -0.0544. The van der Waals surface area contributed by atoms with Crippen molar-refractivity contribution < 1.29 is 18.7 Å². The topological polar surface area (TPSA) is 51.9 Å². The average molecular weight is 327 g/mol. The normalized spacial score (nSPS) is 19.6. The van der Waals surface area contributed by atoms with Crippen LogP contribution in [0.2, 0.25) is 0 Å². The van der Waals surface area contributed by atoms with Crippen molar-refractivity contribution in [3.05, 3.63) is 48.2 Å². The predicted molar refractivity (Wildman–Crippen MR) is 88.2 cm³/mol. The van der Waals surface area contributed by atoms with E-state index in [4.69, 9.17) is 13.9 Å². The smallest absolute Gasteiger partial charge is 0.290 e. The van der Waals surface area contributed by atoms with Gasteiger partial charge in [0.15, 0.2) is 5.76 Å². The number of furan rings is 1. The molecule has 3 heterocycles. The second-order valence-corrected chi connectivity index (χ2v) is 6.62. The molecule has 1 spiro atoms. The Labute approximate surface area is 141 Å². The molecule has 0 N–H and O–H groups in total. The fourth-order valence-corrected chi connectivity index (χ4v) is 3.57. The fraction of sp³-hybridized carbons (Fsp3) is 0.421. The zero-order valence-corrected chi connectivity index (χ0v) is 13.6. The van der Waals surface area contributed by atoms with E-state index in [0.717, 1.165) is 45.6 Å². The Balaban J connectivity index is 1.42. The summed E-state index contributed by atoms with van der Waals surface area (Å²) in [5.74, 6) is 1.31. The van der Waals surface area contributed by atoms with E-state index in [-0.39, 0.29) is 11.3 Å². The summed E-state index contributed by atoms with van der Waals surface area (Å²) in [6, 6.07) is 12.8. The third kappa shape index (κ3) is 3.04. The Bertz CT molecular complexity index is 703. The van der Waals surface area contributed by atoms with Gasteiger partial charge in [0.25, 0.3) is 11.9 Å². The van der Waals surface area contributed by atoms with Crippen LogP contribution in [0.15, 0.2) is 46.9 Å². The lowest BCUT2D eigenvalue weighted by molar-refractivity contribution is 0.0188. The van der Waals surface area contributed by atoms with Crippen molar-refractivity contribution in [3.63, 3.8) is 0 Å². The van der Waals surface area contributed by atoms with E-state index in [1.165, 1.54) is 0 Å². The van der Waals surface area contributed by atoms with E-state index in [0.29, 0.717) is 17.5 Å². The van der Waals surface area contributed by atoms with Crippen molar-refractivity contribution in [3.8, 4) is 11.7 Å². The molecule has 0 aliphatic carbocycles. The van der Waals surface area contributed by atoms with Gasteiger partial charge in [-0.25, -0.2) is 0 Å². The molecule has 2 aromatic rings. The van der Waals surface area contributed by atoms with Gasteiger partial charge in [0.05, 0.1) is 0 Å². The number of likely N-dealkylation sites (tertiary alicyclic amines) is 1. The molecule has 0 atom stereocenters. The van der Waals surface area contributed by atoms with Gasteiger partial charge in [-0.2, -0.15) is 0 Å². The van der Waals surface area contributed by atoms with Crippen molar-refractivity contribution in [2.24, 2.45) is 5.41 Å². The zero-order chi connectivity index (χ0) is 16.4. The Hall–Kier alpha value is -2.27. The van der Waals surface area contributed by atoms with Gasteiger partial charge in [-0.05, 0) is 42.9 Å². The summed E-state index contributed by atoms with van der Waals surface area (Å²) in [7, 11) is 0. The number of carbonyl (C=O) groups excluding carboxylic acids is 1. The molecule has 0 saturated carbocycles. The van der Waals surface area contributed by atoms with Gasteiger partial charge < -0.3 is 18.8 Å². The molecular formula is C19H21NO4. The van der Waals surface area contributed by atoms with Crippen LogP contribution in [0.5, 0.6) is 11.7 Å². The Morgan fingerprint density at radius 3 is 2.62 bits per heavy atom. The van der Waals surface area contributed by atoms with Crippen LogP contribution in [0.25, 0.3) is 0 Å². The Morgan fingerprint density at radius 2 is 1.83 bits per heavy atom. The minimum Gasteiger partial charge on any atom is -0.426 e. The summed E-state index contributed by atoms with van der Waals surface area (Å²) in [5, 5.41) is 0. The third-order valence-corrected chi connectivity index (χ3v) is 5.03. The quantitative estimate of drug-likeness (QED) is 0.862. The largest absolute Gasteiger partial charge is 0.426 e. The summed E-state index contributed by atoms with van der Waals surface area (Å²) >= 11 is 0. The summed E-state index contributed by atoms with van der Waals surface area (Å²) in [4.78, 5) is 14.6. The number of hydrogen-bond donors (Lipinski definition) is 0. The molecule has 1 amide bonds. The highest BCUT2D eigenvalue weighted by Gasteiger charge is 2.41. The van der Waals surface area contributed by atoms with Gasteiger partial charge in [-0.15, -0.1) is 0 Å². The van der Waals surface area contributed by atoms with Gasteiger partial charge >= 0.3 is 0 Å². The van der Waals surface area contributed by atoms with Crippen LogP contribution in [0.1, 0.15) is 29.8 Å². The van der Waals surface area contributed by atoms with Crippen molar-refractivity contribution in [1.29, 1.82) is 0 Å². The van der Waals surface area contributed by atoms with Crippen LogP contribution in [0.3, 0.4) is 0 Å². The van der Waals surface area contributed by atoms with Gasteiger partial charge in [0, 0.05) is 32.4 Å². The highest BCUT2D eigenvalue weighted by molar-refractivity contribution is 5.91. The average Bonchev–Trinajstić information content (AvgIpc) is 3.24. The molecule has 2 aliphatic rings. The summed E-state index contributed by atoms with van der Waals surface area (Å²) in [6.45, 7) is 3.19. The van der Waals surface area contributed by atoms with Crippen molar-refractivity contribution in [2.75, 3.05) is 26.3 Å². The molecule has 5 nitrogen and oxygen atoms in total. The zero-order valence-electron chi connectivity index (χ0n) is 13.6. The third-order valence-electron chi connectivity index (χ3n) is 5.03. The molecule has 24 heavy (non-hydrogen) atoms. The van der Waals surface area contributed by atoms with Crippen LogP contribution in [0.4, 0.5) is 0 Å². The molecule has 0 bridgehead atoms. The summed E-state index contributed by atoms with van der Waals surface area (Å²) < 4.78 is 16.7. The molecule has 2 fully saturated rings. The van der Waals surface area contributed by atoms with Crippen LogP contribution < -0.4 is 4.74 Å². The highest BCUT2D eigenvalue weighted by Crippen LogP contribution is 2.40. The molecular weight excluding hydrogens is 306 g/mol. The molecule has 1 aromatic carbocycles. The summed E-state index contributed by atoms with van der Waals surface area (Å²) in [5.41, 5.74) is 0.240. The van der Waals surface area contributed by atoms with E-state index in [9.17, 15) is 4.79 Å².